The third kappa shape index (κ3) is 4.07. The molecule has 0 unspecified atom stereocenters. The molecule has 4 nitrogen and oxygen atoms in total. The number of rotatable bonds is 5. The second kappa shape index (κ2) is 6.90. The van der Waals surface area contributed by atoms with E-state index in [0.29, 0.717) is 16.1 Å². The van der Waals surface area contributed by atoms with Crippen molar-refractivity contribution in [1.82, 2.24) is 5.32 Å². The lowest BCUT2D eigenvalue weighted by Gasteiger charge is -2.15. The largest absolute Gasteiger partial charge is 0.480 e. The fourth-order valence-electron chi connectivity index (χ4n) is 1.92. The number of hydrogen-bond acceptors (Lipinski definition) is 2. The molecule has 21 heavy (non-hydrogen) atoms. The molecule has 0 radical (unpaired) electrons. The van der Waals surface area contributed by atoms with Crippen LogP contribution < -0.4 is 5.32 Å². The van der Waals surface area contributed by atoms with Crippen molar-refractivity contribution in [2.24, 2.45) is 0 Å². The molecular weight excluding hydrogens is 290 g/mol. The van der Waals surface area contributed by atoms with Crippen LogP contribution in [0.3, 0.4) is 0 Å². The van der Waals surface area contributed by atoms with Gasteiger partial charge in [-0.15, -0.1) is 0 Å². The van der Waals surface area contributed by atoms with E-state index >= 15 is 0 Å². The number of hydrogen-bond donors (Lipinski definition) is 2. The van der Waals surface area contributed by atoms with Crippen molar-refractivity contribution >= 4 is 23.5 Å². The number of carbonyl (C=O) groups excluding carboxylic acids is 1. The summed E-state index contributed by atoms with van der Waals surface area (Å²) in [5.74, 6) is -1.52. The minimum absolute atomic E-state index is 0.133. The molecule has 0 saturated heterocycles. The van der Waals surface area contributed by atoms with Crippen LogP contribution in [-0.2, 0) is 11.2 Å². The zero-order chi connectivity index (χ0) is 15.2. The minimum Gasteiger partial charge on any atom is -0.480 e. The van der Waals surface area contributed by atoms with E-state index in [1.165, 1.54) is 0 Å². The maximum atomic E-state index is 12.0. The van der Waals surface area contributed by atoms with Crippen LogP contribution >= 0.6 is 11.6 Å². The molecule has 2 aromatic carbocycles. The molecule has 2 aromatic rings. The Kier molecular flexibility index (Phi) is 4.95. The lowest BCUT2D eigenvalue weighted by molar-refractivity contribution is -0.139. The summed E-state index contributed by atoms with van der Waals surface area (Å²) in [4.78, 5) is 23.4. The summed E-state index contributed by atoms with van der Waals surface area (Å²) < 4.78 is 0. The van der Waals surface area contributed by atoms with Gasteiger partial charge in [-0.05, 0) is 23.8 Å². The smallest absolute Gasteiger partial charge is 0.326 e. The third-order valence-corrected chi connectivity index (χ3v) is 3.39. The van der Waals surface area contributed by atoms with Gasteiger partial charge in [0, 0.05) is 17.0 Å². The third-order valence-electron chi connectivity index (χ3n) is 3.02. The molecule has 0 aliphatic carbocycles. The Labute approximate surface area is 127 Å². The van der Waals surface area contributed by atoms with Crippen LogP contribution in [0.15, 0.2) is 54.6 Å². The molecule has 0 bridgehead atoms. The Morgan fingerprint density at radius 2 is 1.67 bits per heavy atom. The second-order valence-corrected chi connectivity index (χ2v) is 4.93. The first-order valence-corrected chi connectivity index (χ1v) is 6.78. The monoisotopic (exact) mass is 303 g/mol. The van der Waals surface area contributed by atoms with Crippen molar-refractivity contribution in [3.63, 3.8) is 0 Å². The van der Waals surface area contributed by atoms with E-state index in [9.17, 15) is 14.7 Å². The zero-order valence-corrected chi connectivity index (χ0v) is 11.9. The summed E-state index contributed by atoms with van der Waals surface area (Å²) in [5.41, 5.74) is 1.10. The fourth-order valence-corrected chi connectivity index (χ4v) is 2.13. The number of benzene rings is 2. The summed E-state index contributed by atoms with van der Waals surface area (Å²) in [6.45, 7) is 0. The van der Waals surface area contributed by atoms with E-state index in [2.05, 4.69) is 5.32 Å². The fraction of sp³-hybridized carbons (Fsp3) is 0.125. The van der Waals surface area contributed by atoms with Gasteiger partial charge in [0.2, 0.25) is 0 Å². The number of aliphatic carboxylic acids is 1. The second-order valence-electron chi connectivity index (χ2n) is 4.53. The quantitative estimate of drug-likeness (QED) is 0.892. The highest BCUT2D eigenvalue weighted by atomic mass is 35.5. The SMILES string of the molecule is O=C(N[C@H](Cc1ccccc1Cl)C(=O)O)c1ccccc1. The van der Waals surface area contributed by atoms with Crippen molar-refractivity contribution in [2.45, 2.75) is 12.5 Å². The van der Waals surface area contributed by atoms with Crippen LogP contribution in [0.1, 0.15) is 15.9 Å². The van der Waals surface area contributed by atoms with Gasteiger partial charge in [-0.25, -0.2) is 4.79 Å². The van der Waals surface area contributed by atoms with Crippen molar-refractivity contribution < 1.29 is 14.7 Å². The average molecular weight is 304 g/mol. The van der Waals surface area contributed by atoms with E-state index in [1.54, 1.807) is 54.6 Å². The summed E-state index contributed by atoms with van der Waals surface area (Å²) in [6, 6.07) is 14.4. The van der Waals surface area contributed by atoms with Gasteiger partial charge >= 0.3 is 5.97 Å². The molecule has 0 aromatic heterocycles. The van der Waals surface area contributed by atoms with Crippen LogP contribution in [0.25, 0.3) is 0 Å². The van der Waals surface area contributed by atoms with Crippen LogP contribution in [0.4, 0.5) is 0 Å². The Morgan fingerprint density at radius 1 is 1.05 bits per heavy atom. The zero-order valence-electron chi connectivity index (χ0n) is 11.1. The molecule has 1 atom stereocenters. The molecule has 0 aliphatic rings. The summed E-state index contributed by atoms with van der Waals surface area (Å²) in [5, 5.41) is 12.3. The summed E-state index contributed by atoms with van der Waals surface area (Å²) in [7, 11) is 0. The van der Waals surface area contributed by atoms with Gasteiger partial charge in [-0.3, -0.25) is 4.79 Å². The van der Waals surface area contributed by atoms with E-state index in [4.69, 9.17) is 11.6 Å². The number of carbonyl (C=O) groups is 2. The topological polar surface area (TPSA) is 66.4 Å². The molecule has 2 N–H and O–H groups in total. The minimum atomic E-state index is -1.10. The molecule has 5 heteroatoms. The maximum absolute atomic E-state index is 12.0. The number of carboxylic acids is 1. The van der Waals surface area contributed by atoms with Gasteiger partial charge in [0.25, 0.3) is 5.91 Å². The Hall–Kier alpha value is -2.33. The normalized spacial score (nSPS) is 11.7. The van der Waals surface area contributed by atoms with Gasteiger partial charge in [0.1, 0.15) is 6.04 Å². The van der Waals surface area contributed by atoms with Gasteiger partial charge in [0.15, 0.2) is 0 Å². The first-order chi connectivity index (χ1) is 10.1. The van der Waals surface area contributed by atoms with E-state index in [1.807, 2.05) is 0 Å². The molecule has 108 valence electrons. The van der Waals surface area contributed by atoms with Crippen molar-refractivity contribution in [1.29, 1.82) is 0 Å². The Morgan fingerprint density at radius 3 is 2.29 bits per heavy atom. The summed E-state index contributed by atoms with van der Waals surface area (Å²) in [6.07, 6.45) is 0.133. The van der Waals surface area contributed by atoms with Gasteiger partial charge in [-0.2, -0.15) is 0 Å². The van der Waals surface area contributed by atoms with Gasteiger partial charge in [-0.1, -0.05) is 48.0 Å². The first-order valence-electron chi connectivity index (χ1n) is 6.40. The molecular formula is C16H14ClNO3. The van der Waals surface area contributed by atoms with Gasteiger partial charge < -0.3 is 10.4 Å². The highest BCUT2D eigenvalue weighted by molar-refractivity contribution is 6.31. The lowest BCUT2D eigenvalue weighted by atomic mass is 10.1. The molecule has 0 saturated carbocycles. The predicted molar refractivity (Wildman–Crippen MR) is 80.5 cm³/mol. The summed E-state index contributed by atoms with van der Waals surface area (Å²) >= 11 is 6.02. The number of amides is 1. The molecule has 0 fully saturated rings. The van der Waals surface area contributed by atoms with Crippen molar-refractivity contribution in [3.05, 3.63) is 70.7 Å². The Balaban J connectivity index is 2.12. The van der Waals surface area contributed by atoms with E-state index in [0.717, 1.165) is 0 Å². The average Bonchev–Trinajstić information content (AvgIpc) is 2.49. The lowest BCUT2D eigenvalue weighted by Crippen LogP contribution is -2.42. The first kappa shape index (κ1) is 15.1. The molecule has 0 heterocycles. The molecule has 1 amide bonds. The molecule has 0 spiro atoms. The van der Waals surface area contributed by atoms with Crippen LogP contribution in [0, 0.1) is 0 Å². The van der Waals surface area contributed by atoms with E-state index in [-0.39, 0.29) is 6.42 Å². The van der Waals surface area contributed by atoms with E-state index < -0.39 is 17.9 Å². The van der Waals surface area contributed by atoms with Crippen molar-refractivity contribution in [2.75, 3.05) is 0 Å². The van der Waals surface area contributed by atoms with Gasteiger partial charge in [0.05, 0.1) is 0 Å². The highest BCUT2D eigenvalue weighted by Gasteiger charge is 2.21. The van der Waals surface area contributed by atoms with Crippen LogP contribution in [0.5, 0.6) is 0 Å². The number of halogens is 1. The van der Waals surface area contributed by atoms with Crippen molar-refractivity contribution in [3.8, 4) is 0 Å². The van der Waals surface area contributed by atoms with Crippen LogP contribution in [-0.4, -0.2) is 23.0 Å². The maximum Gasteiger partial charge on any atom is 0.326 e. The predicted octanol–water partition coefficient (Wildman–Crippen LogP) is 2.77. The highest BCUT2D eigenvalue weighted by Crippen LogP contribution is 2.17. The number of nitrogens with one attached hydrogen (secondary N) is 1. The standard InChI is InChI=1S/C16H14ClNO3/c17-13-9-5-4-8-12(13)10-14(16(20)21)18-15(19)11-6-2-1-3-7-11/h1-9,14H,10H2,(H,18,19)(H,20,21)/t14-/m1/s1. The van der Waals surface area contributed by atoms with Crippen LogP contribution in [0.2, 0.25) is 5.02 Å². The molecule has 0 aliphatic heterocycles. The Bertz CT molecular complexity index is 643. The molecule has 2 rings (SSSR count). The number of carboxylic acid groups (broad SMARTS) is 1.